The number of ketones is 1. The van der Waals surface area contributed by atoms with Crippen LogP contribution in [0.4, 0.5) is 0 Å². The number of carbonyl (C=O) groups excluding carboxylic acids is 3. The predicted molar refractivity (Wildman–Crippen MR) is 79.8 cm³/mol. The van der Waals surface area contributed by atoms with E-state index in [4.69, 9.17) is 9.39 Å². The number of benzene rings is 1. The van der Waals surface area contributed by atoms with Gasteiger partial charge in [0.1, 0.15) is 17.1 Å². The minimum Gasteiger partial charge on any atom is -0.535 e. The number of hydrogen-bond acceptors (Lipinski definition) is 7. The number of carbonyl (C=O) groups is 3. The van der Waals surface area contributed by atoms with Crippen LogP contribution in [0.1, 0.15) is 36.2 Å². The summed E-state index contributed by atoms with van der Waals surface area (Å²) in [5, 5.41) is 10.0. The molecule has 7 nitrogen and oxygen atoms in total. The first-order chi connectivity index (χ1) is 10.9. The van der Waals surface area contributed by atoms with E-state index in [-0.39, 0.29) is 29.3 Å². The second-order valence-corrected chi connectivity index (χ2v) is 5.36. The predicted octanol–water partition coefficient (Wildman–Crippen LogP) is 1.13. The molecule has 1 heterocycles. The third-order valence-electron chi connectivity index (χ3n) is 3.44. The maximum absolute atomic E-state index is 12.0. The molecule has 1 aliphatic rings. The number of esters is 2. The highest BCUT2D eigenvalue weighted by atomic mass is 16.7. The van der Waals surface area contributed by atoms with Gasteiger partial charge in [0.05, 0.1) is 0 Å². The standard InChI is InChI=1S/C15H17BO7/c1-9(17)6-12-7-11-4-3-5-13(14(11)23-16(12)20)15(19)22-8-21-10(2)18/h3-5,12,20H,6-8H2,1-2H3/t12-/m0/s1. The number of ether oxygens (including phenoxy) is 2. The van der Waals surface area contributed by atoms with Gasteiger partial charge in [0.15, 0.2) is 0 Å². The Morgan fingerprint density at radius 3 is 2.70 bits per heavy atom. The molecule has 8 heteroatoms. The van der Waals surface area contributed by atoms with Crippen LogP contribution in [-0.2, 0) is 25.5 Å². The highest BCUT2D eigenvalue weighted by molar-refractivity contribution is 6.46. The summed E-state index contributed by atoms with van der Waals surface area (Å²) in [6.07, 6.45) is 0.614. The van der Waals surface area contributed by atoms with Crippen molar-refractivity contribution in [3.8, 4) is 5.75 Å². The van der Waals surface area contributed by atoms with Crippen LogP contribution in [0, 0.1) is 0 Å². The minimum atomic E-state index is -1.17. The van der Waals surface area contributed by atoms with Crippen molar-refractivity contribution in [2.24, 2.45) is 0 Å². The molecule has 0 aromatic heterocycles. The van der Waals surface area contributed by atoms with Gasteiger partial charge in [0.2, 0.25) is 6.79 Å². The molecular weight excluding hydrogens is 303 g/mol. The zero-order valence-electron chi connectivity index (χ0n) is 12.9. The molecule has 0 radical (unpaired) electrons. The van der Waals surface area contributed by atoms with Crippen LogP contribution < -0.4 is 4.65 Å². The largest absolute Gasteiger partial charge is 0.535 e. The van der Waals surface area contributed by atoms with Gasteiger partial charge in [-0.2, -0.15) is 0 Å². The maximum atomic E-state index is 12.0. The fourth-order valence-electron chi connectivity index (χ4n) is 2.43. The molecule has 0 saturated carbocycles. The Hall–Kier alpha value is -2.35. The average Bonchev–Trinajstić information content (AvgIpc) is 2.46. The Morgan fingerprint density at radius 1 is 1.30 bits per heavy atom. The highest BCUT2D eigenvalue weighted by Gasteiger charge is 2.37. The molecule has 0 saturated heterocycles. The van der Waals surface area contributed by atoms with Crippen molar-refractivity contribution < 1.29 is 33.5 Å². The first-order valence-electron chi connectivity index (χ1n) is 7.15. The van der Waals surface area contributed by atoms with Gasteiger partial charge < -0.3 is 23.9 Å². The zero-order valence-corrected chi connectivity index (χ0v) is 12.9. The number of rotatable bonds is 5. The molecule has 0 bridgehead atoms. The van der Waals surface area contributed by atoms with Gasteiger partial charge in [-0.25, -0.2) is 4.79 Å². The van der Waals surface area contributed by atoms with Gasteiger partial charge in [-0.05, 0) is 25.0 Å². The molecule has 1 aromatic carbocycles. The van der Waals surface area contributed by atoms with Crippen molar-refractivity contribution >= 4 is 24.8 Å². The van der Waals surface area contributed by atoms with Gasteiger partial charge in [0, 0.05) is 19.2 Å². The summed E-state index contributed by atoms with van der Waals surface area (Å²) in [5.41, 5.74) is 0.846. The third-order valence-corrected chi connectivity index (χ3v) is 3.44. The fraction of sp³-hybridized carbons (Fsp3) is 0.400. The number of para-hydroxylation sites is 1. The molecule has 0 fully saturated rings. The van der Waals surface area contributed by atoms with Gasteiger partial charge >= 0.3 is 19.1 Å². The zero-order chi connectivity index (χ0) is 17.0. The molecule has 0 unspecified atom stereocenters. The molecule has 1 aliphatic heterocycles. The second kappa shape index (κ2) is 7.28. The molecule has 0 amide bonds. The third kappa shape index (κ3) is 4.32. The Morgan fingerprint density at radius 2 is 2.04 bits per heavy atom. The molecule has 1 aromatic rings. The lowest BCUT2D eigenvalue weighted by Gasteiger charge is -2.28. The van der Waals surface area contributed by atoms with Gasteiger partial charge in [-0.3, -0.25) is 4.79 Å². The van der Waals surface area contributed by atoms with Crippen LogP contribution in [0.15, 0.2) is 18.2 Å². The number of hydrogen-bond donors (Lipinski definition) is 1. The van der Waals surface area contributed by atoms with E-state index in [2.05, 4.69) is 4.74 Å². The molecule has 122 valence electrons. The summed E-state index contributed by atoms with van der Waals surface area (Å²) < 4.78 is 14.8. The lowest BCUT2D eigenvalue weighted by molar-refractivity contribution is -0.149. The van der Waals surface area contributed by atoms with Crippen LogP contribution in [0.2, 0.25) is 5.82 Å². The first-order valence-corrected chi connectivity index (χ1v) is 7.15. The summed E-state index contributed by atoms with van der Waals surface area (Å²) in [7, 11) is -1.17. The summed E-state index contributed by atoms with van der Waals surface area (Å²) in [5.74, 6) is -1.45. The molecule has 2 rings (SSSR count). The monoisotopic (exact) mass is 320 g/mol. The highest BCUT2D eigenvalue weighted by Crippen LogP contribution is 2.36. The van der Waals surface area contributed by atoms with Gasteiger partial charge in [-0.15, -0.1) is 0 Å². The Kier molecular flexibility index (Phi) is 5.38. The molecule has 0 spiro atoms. The molecular formula is C15H17BO7. The molecule has 23 heavy (non-hydrogen) atoms. The topological polar surface area (TPSA) is 99.1 Å². The normalized spacial score (nSPS) is 16.1. The maximum Gasteiger partial charge on any atom is 0.526 e. The number of Topliss-reactive ketones (excluding diaryl/α,β-unsaturated/α-hetero) is 1. The van der Waals surface area contributed by atoms with Gasteiger partial charge in [-0.1, -0.05) is 12.1 Å². The molecule has 1 atom stereocenters. The van der Waals surface area contributed by atoms with Crippen molar-refractivity contribution in [2.75, 3.05) is 6.79 Å². The number of fused-ring (bicyclic) bond motifs is 1. The van der Waals surface area contributed by atoms with E-state index in [0.29, 0.717) is 12.0 Å². The smallest absolute Gasteiger partial charge is 0.526 e. The summed E-state index contributed by atoms with van der Waals surface area (Å²) in [6, 6.07) is 4.91. The summed E-state index contributed by atoms with van der Waals surface area (Å²) >= 11 is 0. The van der Waals surface area contributed by atoms with E-state index in [0.717, 1.165) is 0 Å². The second-order valence-electron chi connectivity index (χ2n) is 5.36. The van der Waals surface area contributed by atoms with Crippen molar-refractivity contribution in [3.05, 3.63) is 29.3 Å². The van der Waals surface area contributed by atoms with E-state index in [1.807, 2.05) is 0 Å². The first kappa shape index (κ1) is 17.0. The van der Waals surface area contributed by atoms with Crippen molar-refractivity contribution in [1.82, 2.24) is 0 Å². The minimum absolute atomic E-state index is 0.0435. The summed E-state index contributed by atoms with van der Waals surface area (Å²) in [6.45, 7) is 2.16. The fourth-order valence-corrected chi connectivity index (χ4v) is 2.43. The van der Waals surface area contributed by atoms with E-state index in [1.165, 1.54) is 19.9 Å². The van der Waals surface area contributed by atoms with E-state index in [9.17, 15) is 19.4 Å². The molecule has 1 N–H and O–H groups in total. The SMILES string of the molecule is CC(=O)C[C@H]1Cc2cccc(C(=O)OCOC(C)=O)c2OB1O. The summed E-state index contributed by atoms with van der Waals surface area (Å²) in [4.78, 5) is 33.9. The van der Waals surface area contributed by atoms with Crippen LogP contribution in [0.25, 0.3) is 0 Å². The van der Waals surface area contributed by atoms with Crippen molar-refractivity contribution in [1.29, 1.82) is 0 Å². The van der Waals surface area contributed by atoms with Crippen molar-refractivity contribution in [2.45, 2.75) is 32.5 Å². The van der Waals surface area contributed by atoms with E-state index < -0.39 is 25.8 Å². The van der Waals surface area contributed by atoms with Gasteiger partial charge in [0.25, 0.3) is 0 Å². The van der Waals surface area contributed by atoms with Crippen LogP contribution in [0.5, 0.6) is 5.75 Å². The Labute approximate surface area is 133 Å². The Balaban J connectivity index is 2.15. The van der Waals surface area contributed by atoms with E-state index in [1.54, 1.807) is 12.1 Å². The van der Waals surface area contributed by atoms with Crippen molar-refractivity contribution in [3.63, 3.8) is 0 Å². The Bertz CT molecular complexity index is 628. The van der Waals surface area contributed by atoms with Crippen LogP contribution in [-0.4, -0.2) is 36.7 Å². The lowest BCUT2D eigenvalue weighted by Crippen LogP contribution is -2.35. The molecule has 0 aliphatic carbocycles. The van der Waals surface area contributed by atoms with E-state index >= 15 is 0 Å². The quantitative estimate of drug-likeness (QED) is 0.493. The average molecular weight is 320 g/mol. The lowest BCUT2D eigenvalue weighted by atomic mass is 9.64. The van der Waals surface area contributed by atoms with Crippen LogP contribution >= 0.6 is 0 Å². The van der Waals surface area contributed by atoms with Crippen LogP contribution in [0.3, 0.4) is 0 Å².